The van der Waals surface area contributed by atoms with Crippen LogP contribution in [0.1, 0.15) is 12.5 Å². The lowest BCUT2D eigenvalue weighted by Crippen LogP contribution is -2.40. The molecule has 0 spiro atoms. The standard InChI is InChI=1S/C16H25ClN2O3.2ClH/c1-3-22-16-13(10-14(17)11-15(16)20-2)12-18-4-5-19-6-8-21-9-7-19;;/h10-11,18H,3-9,12H2,1-2H3;2*1H. The Morgan fingerprint density at radius 1 is 1.25 bits per heavy atom. The molecule has 0 aliphatic carbocycles. The summed E-state index contributed by atoms with van der Waals surface area (Å²) in [4.78, 5) is 2.40. The highest BCUT2D eigenvalue weighted by atomic mass is 35.5. The average Bonchev–Trinajstić information content (AvgIpc) is 2.54. The van der Waals surface area contributed by atoms with Gasteiger partial charge in [0.25, 0.3) is 0 Å². The number of hydrogen-bond donors (Lipinski definition) is 1. The third-order valence-corrected chi connectivity index (χ3v) is 3.85. The summed E-state index contributed by atoms with van der Waals surface area (Å²) < 4.78 is 16.4. The van der Waals surface area contributed by atoms with Crippen molar-refractivity contribution in [3.05, 3.63) is 22.7 Å². The van der Waals surface area contributed by atoms with Crippen molar-refractivity contribution in [3.8, 4) is 11.5 Å². The Morgan fingerprint density at radius 3 is 2.58 bits per heavy atom. The molecule has 0 unspecified atom stereocenters. The van der Waals surface area contributed by atoms with Crippen LogP contribution in [0.4, 0.5) is 0 Å². The van der Waals surface area contributed by atoms with Crippen LogP contribution in [-0.2, 0) is 11.3 Å². The number of nitrogens with zero attached hydrogens (tertiary/aromatic N) is 1. The molecule has 2 rings (SSSR count). The van der Waals surface area contributed by atoms with Gasteiger partial charge in [0.05, 0.1) is 26.9 Å². The van der Waals surface area contributed by atoms with Crippen molar-refractivity contribution in [1.82, 2.24) is 10.2 Å². The van der Waals surface area contributed by atoms with E-state index >= 15 is 0 Å². The van der Waals surface area contributed by atoms with Crippen molar-refractivity contribution >= 4 is 36.4 Å². The summed E-state index contributed by atoms with van der Waals surface area (Å²) >= 11 is 6.15. The highest BCUT2D eigenvalue weighted by Crippen LogP contribution is 2.34. The first-order chi connectivity index (χ1) is 10.7. The molecule has 0 saturated carbocycles. The van der Waals surface area contributed by atoms with Gasteiger partial charge in [0.2, 0.25) is 0 Å². The van der Waals surface area contributed by atoms with Gasteiger partial charge in [0.1, 0.15) is 0 Å². The van der Waals surface area contributed by atoms with Crippen LogP contribution in [-0.4, -0.2) is 58.0 Å². The van der Waals surface area contributed by atoms with Crippen LogP contribution in [0.25, 0.3) is 0 Å². The number of benzene rings is 1. The van der Waals surface area contributed by atoms with Gasteiger partial charge in [-0.15, -0.1) is 24.8 Å². The molecule has 0 bridgehead atoms. The molecule has 0 radical (unpaired) electrons. The molecular formula is C16H27Cl3N2O3. The SMILES string of the molecule is CCOc1c(CNCCN2CCOCC2)cc(Cl)cc1OC.Cl.Cl. The molecule has 1 fully saturated rings. The van der Waals surface area contributed by atoms with Crippen LogP contribution in [0, 0.1) is 0 Å². The van der Waals surface area contributed by atoms with E-state index in [1.54, 1.807) is 13.2 Å². The maximum atomic E-state index is 6.15. The lowest BCUT2D eigenvalue weighted by molar-refractivity contribution is 0.0384. The Bertz CT molecular complexity index is 472. The number of morpholine rings is 1. The first kappa shape index (κ1) is 23.6. The second kappa shape index (κ2) is 12.9. The number of hydrogen-bond acceptors (Lipinski definition) is 5. The van der Waals surface area contributed by atoms with Crippen LogP contribution in [0.5, 0.6) is 11.5 Å². The molecule has 1 aromatic rings. The van der Waals surface area contributed by atoms with E-state index in [-0.39, 0.29) is 24.8 Å². The third kappa shape index (κ3) is 7.21. The van der Waals surface area contributed by atoms with Gasteiger partial charge in [-0.3, -0.25) is 4.90 Å². The molecule has 0 atom stereocenters. The fraction of sp³-hybridized carbons (Fsp3) is 0.625. The summed E-state index contributed by atoms with van der Waals surface area (Å²) in [6.45, 7) is 8.89. The third-order valence-electron chi connectivity index (χ3n) is 3.63. The highest BCUT2D eigenvalue weighted by Gasteiger charge is 2.13. The minimum absolute atomic E-state index is 0. The van der Waals surface area contributed by atoms with Gasteiger partial charge in [0.15, 0.2) is 11.5 Å². The summed E-state index contributed by atoms with van der Waals surface area (Å²) in [7, 11) is 1.63. The molecule has 140 valence electrons. The van der Waals surface area contributed by atoms with Crippen LogP contribution in [0.2, 0.25) is 5.02 Å². The van der Waals surface area contributed by atoms with E-state index in [1.807, 2.05) is 13.0 Å². The molecule has 0 amide bonds. The van der Waals surface area contributed by atoms with Gasteiger partial charge in [0, 0.05) is 49.4 Å². The summed E-state index contributed by atoms with van der Waals surface area (Å²) in [6, 6.07) is 3.71. The van der Waals surface area contributed by atoms with Crippen molar-refractivity contribution in [2.75, 3.05) is 53.1 Å². The summed E-state index contributed by atoms with van der Waals surface area (Å²) in [5, 5.41) is 4.11. The Labute approximate surface area is 161 Å². The number of halogens is 3. The molecule has 8 heteroatoms. The van der Waals surface area contributed by atoms with E-state index < -0.39 is 0 Å². The predicted octanol–water partition coefficient (Wildman–Crippen LogP) is 3.01. The Kier molecular flexibility index (Phi) is 12.6. The maximum absolute atomic E-state index is 6.15. The fourth-order valence-corrected chi connectivity index (χ4v) is 2.73. The second-order valence-electron chi connectivity index (χ2n) is 5.16. The molecule has 1 N–H and O–H groups in total. The van der Waals surface area contributed by atoms with E-state index in [1.165, 1.54) is 0 Å². The Balaban J connectivity index is 0.00000264. The topological polar surface area (TPSA) is 43.0 Å². The summed E-state index contributed by atoms with van der Waals surface area (Å²) in [5.74, 6) is 1.45. The van der Waals surface area contributed by atoms with Gasteiger partial charge >= 0.3 is 0 Å². The van der Waals surface area contributed by atoms with Gasteiger partial charge in [-0.1, -0.05) is 11.6 Å². The number of ether oxygens (including phenoxy) is 3. The molecule has 5 nitrogen and oxygen atoms in total. The Morgan fingerprint density at radius 2 is 1.96 bits per heavy atom. The van der Waals surface area contributed by atoms with Crippen LogP contribution < -0.4 is 14.8 Å². The van der Waals surface area contributed by atoms with Crippen molar-refractivity contribution in [2.45, 2.75) is 13.5 Å². The first-order valence-electron chi connectivity index (χ1n) is 7.74. The van der Waals surface area contributed by atoms with Crippen molar-refractivity contribution in [2.24, 2.45) is 0 Å². The second-order valence-corrected chi connectivity index (χ2v) is 5.60. The van der Waals surface area contributed by atoms with E-state index in [4.69, 9.17) is 25.8 Å². The largest absolute Gasteiger partial charge is 0.493 e. The fourth-order valence-electron chi connectivity index (χ4n) is 2.50. The van der Waals surface area contributed by atoms with Crippen LogP contribution in [0.15, 0.2) is 12.1 Å². The lowest BCUT2D eigenvalue weighted by atomic mass is 10.2. The van der Waals surface area contributed by atoms with Crippen LogP contribution in [0.3, 0.4) is 0 Å². The molecule has 1 aliphatic heterocycles. The molecule has 0 aromatic heterocycles. The molecule has 1 saturated heterocycles. The van der Waals surface area contributed by atoms with Crippen molar-refractivity contribution < 1.29 is 14.2 Å². The molecular weight excluding hydrogens is 375 g/mol. The lowest BCUT2D eigenvalue weighted by Gasteiger charge is -2.26. The zero-order valence-electron chi connectivity index (χ0n) is 14.2. The van der Waals surface area contributed by atoms with E-state index in [2.05, 4.69) is 10.2 Å². The zero-order valence-corrected chi connectivity index (χ0v) is 16.6. The van der Waals surface area contributed by atoms with Gasteiger partial charge in [-0.05, 0) is 13.0 Å². The predicted molar refractivity (Wildman–Crippen MR) is 103 cm³/mol. The minimum atomic E-state index is 0. The molecule has 24 heavy (non-hydrogen) atoms. The van der Waals surface area contributed by atoms with Crippen molar-refractivity contribution in [3.63, 3.8) is 0 Å². The van der Waals surface area contributed by atoms with Gasteiger partial charge in [-0.25, -0.2) is 0 Å². The van der Waals surface area contributed by atoms with Gasteiger partial charge < -0.3 is 19.5 Å². The number of methoxy groups -OCH3 is 1. The first-order valence-corrected chi connectivity index (χ1v) is 8.12. The highest BCUT2D eigenvalue weighted by molar-refractivity contribution is 6.30. The number of nitrogens with one attached hydrogen (secondary N) is 1. The molecule has 1 aromatic carbocycles. The quantitative estimate of drug-likeness (QED) is 0.678. The van der Waals surface area contributed by atoms with Gasteiger partial charge in [-0.2, -0.15) is 0 Å². The minimum Gasteiger partial charge on any atom is -0.493 e. The summed E-state index contributed by atoms with van der Waals surface area (Å²) in [6.07, 6.45) is 0. The van der Waals surface area contributed by atoms with E-state index in [9.17, 15) is 0 Å². The van der Waals surface area contributed by atoms with Crippen LogP contribution >= 0.6 is 36.4 Å². The molecule has 1 heterocycles. The van der Waals surface area contributed by atoms with E-state index in [0.717, 1.165) is 50.7 Å². The van der Waals surface area contributed by atoms with Crippen molar-refractivity contribution in [1.29, 1.82) is 0 Å². The summed E-state index contributed by atoms with van der Waals surface area (Å²) in [5.41, 5.74) is 1.02. The average molecular weight is 402 g/mol. The number of rotatable bonds is 8. The maximum Gasteiger partial charge on any atom is 0.165 e. The zero-order chi connectivity index (χ0) is 15.8. The molecule has 1 aliphatic rings. The normalized spacial score (nSPS) is 14.5. The Hall–Kier alpha value is -0.430. The smallest absolute Gasteiger partial charge is 0.165 e. The van der Waals surface area contributed by atoms with E-state index in [0.29, 0.717) is 23.9 Å². The monoisotopic (exact) mass is 400 g/mol.